The molecule has 68 valence electrons. The Morgan fingerprint density at radius 3 is 2.75 bits per heavy atom. The van der Waals surface area contributed by atoms with Gasteiger partial charge in [0.1, 0.15) is 11.9 Å². The fourth-order valence-electron chi connectivity index (χ4n) is 1.21. The van der Waals surface area contributed by atoms with Crippen molar-refractivity contribution in [2.75, 3.05) is 18.6 Å². The van der Waals surface area contributed by atoms with Crippen LogP contribution in [0.15, 0.2) is 23.5 Å². The molecule has 0 saturated heterocycles. The molecule has 1 atom stereocenters. The highest BCUT2D eigenvalue weighted by atomic mass is 127. The molecule has 2 nitrogen and oxygen atoms in total. The van der Waals surface area contributed by atoms with Crippen molar-refractivity contribution >= 4 is 22.6 Å². The van der Waals surface area contributed by atoms with Crippen LogP contribution < -0.4 is 0 Å². The van der Waals surface area contributed by atoms with Gasteiger partial charge in [-0.3, -0.25) is 0 Å². The lowest BCUT2D eigenvalue weighted by Crippen LogP contribution is -2.18. The van der Waals surface area contributed by atoms with Crippen molar-refractivity contribution in [1.29, 1.82) is 0 Å². The molecular formula is C9H13IO2. The summed E-state index contributed by atoms with van der Waals surface area (Å²) in [7, 11) is 3.40. The van der Waals surface area contributed by atoms with E-state index in [2.05, 4.69) is 28.7 Å². The molecule has 0 bridgehead atoms. The Kier molecular flexibility index (Phi) is 4.08. The van der Waals surface area contributed by atoms with Crippen molar-refractivity contribution < 1.29 is 9.47 Å². The van der Waals surface area contributed by atoms with E-state index in [0.717, 1.165) is 16.6 Å². The van der Waals surface area contributed by atoms with Crippen LogP contribution in [0.25, 0.3) is 0 Å². The second kappa shape index (κ2) is 4.87. The molecule has 0 aromatic rings. The lowest BCUT2D eigenvalue weighted by atomic mass is 10.0. The smallest absolute Gasteiger partial charge is 0.125 e. The third-order valence-corrected chi connectivity index (χ3v) is 2.92. The van der Waals surface area contributed by atoms with E-state index in [-0.39, 0.29) is 6.10 Å². The van der Waals surface area contributed by atoms with Gasteiger partial charge in [-0.1, -0.05) is 34.2 Å². The minimum Gasteiger partial charge on any atom is -0.498 e. The minimum atomic E-state index is 0.116. The Morgan fingerprint density at radius 1 is 1.50 bits per heavy atom. The number of alkyl halides is 1. The third-order valence-electron chi connectivity index (χ3n) is 1.94. The zero-order valence-electron chi connectivity index (χ0n) is 7.34. The number of rotatable bonds is 3. The molecule has 0 aromatic heterocycles. The van der Waals surface area contributed by atoms with Crippen LogP contribution in [0.4, 0.5) is 0 Å². The molecule has 0 radical (unpaired) electrons. The van der Waals surface area contributed by atoms with Crippen molar-refractivity contribution in [2.45, 2.75) is 12.5 Å². The molecule has 0 N–H and O–H groups in total. The molecular weight excluding hydrogens is 267 g/mol. The van der Waals surface area contributed by atoms with E-state index >= 15 is 0 Å². The van der Waals surface area contributed by atoms with Crippen LogP contribution >= 0.6 is 22.6 Å². The molecule has 1 aliphatic rings. The van der Waals surface area contributed by atoms with Gasteiger partial charge in [0.25, 0.3) is 0 Å². The highest BCUT2D eigenvalue weighted by molar-refractivity contribution is 14.1. The summed E-state index contributed by atoms with van der Waals surface area (Å²) in [5, 5.41) is 0. The van der Waals surface area contributed by atoms with E-state index in [0.29, 0.717) is 0 Å². The summed E-state index contributed by atoms with van der Waals surface area (Å²) in [5.74, 6) is 0.922. The first-order valence-corrected chi connectivity index (χ1v) is 5.36. The summed E-state index contributed by atoms with van der Waals surface area (Å²) in [6, 6.07) is 0. The van der Waals surface area contributed by atoms with Crippen molar-refractivity contribution in [3.8, 4) is 0 Å². The van der Waals surface area contributed by atoms with Gasteiger partial charge in [0.2, 0.25) is 0 Å². The normalized spacial score (nSPS) is 23.1. The maximum atomic E-state index is 5.29. The zero-order chi connectivity index (χ0) is 8.97. The summed E-state index contributed by atoms with van der Waals surface area (Å²) in [6.07, 6.45) is 5.18. The number of halogens is 1. The second-order valence-corrected chi connectivity index (χ2v) is 3.42. The molecule has 0 heterocycles. The summed E-state index contributed by atoms with van der Waals surface area (Å²) in [5.41, 5.74) is 1.41. The van der Waals surface area contributed by atoms with E-state index in [4.69, 9.17) is 9.47 Å². The van der Waals surface area contributed by atoms with Gasteiger partial charge in [-0.2, -0.15) is 0 Å². The van der Waals surface area contributed by atoms with Gasteiger partial charge in [0.15, 0.2) is 0 Å². The van der Waals surface area contributed by atoms with Crippen LogP contribution in [0.1, 0.15) is 6.42 Å². The van der Waals surface area contributed by atoms with Gasteiger partial charge in [-0.05, 0) is 6.08 Å². The summed E-state index contributed by atoms with van der Waals surface area (Å²) in [6.45, 7) is 0. The Balaban J connectivity index is 2.70. The maximum Gasteiger partial charge on any atom is 0.125 e. The van der Waals surface area contributed by atoms with E-state index in [1.54, 1.807) is 14.2 Å². The molecule has 3 heteroatoms. The highest BCUT2D eigenvalue weighted by Gasteiger charge is 2.18. The highest BCUT2D eigenvalue weighted by Crippen LogP contribution is 2.22. The fourth-order valence-corrected chi connectivity index (χ4v) is 1.78. The lowest BCUT2D eigenvalue weighted by Gasteiger charge is -2.21. The van der Waals surface area contributed by atoms with Crippen LogP contribution in [-0.4, -0.2) is 24.8 Å². The van der Waals surface area contributed by atoms with E-state index in [1.165, 1.54) is 5.57 Å². The van der Waals surface area contributed by atoms with Crippen LogP contribution in [0.3, 0.4) is 0 Å². The quantitative estimate of drug-likeness (QED) is 0.583. The van der Waals surface area contributed by atoms with Crippen molar-refractivity contribution in [2.24, 2.45) is 0 Å². The molecule has 0 spiro atoms. The largest absolute Gasteiger partial charge is 0.498 e. The average Bonchev–Trinajstić information content (AvgIpc) is 2.16. The average molecular weight is 280 g/mol. The van der Waals surface area contributed by atoms with Gasteiger partial charge in [0.05, 0.1) is 7.11 Å². The number of ether oxygens (including phenoxy) is 2. The molecule has 1 rings (SSSR count). The number of hydrogen-bond acceptors (Lipinski definition) is 2. The predicted octanol–water partition coefficient (Wildman–Crippen LogP) is 2.30. The first-order chi connectivity index (χ1) is 5.81. The van der Waals surface area contributed by atoms with Crippen LogP contribution in [0.5, 0.6) is 0 Å². The Labute approximate surface area is 86.8 Å². The number of hydrogen-bond donors (Lipinski definition) is 0. The SMILES string of the molecule is COC1=CC=C(CI)CC1OC. The van der Waals surface area contributed by atoms with Crippen molar-refractivity contribution in [1.82, 2.24) is 0 Å². The minimum absolute atomic E-state index is 0.116. The van der Waals surface area contributed by atoms with Crippen LogP contribution in [0.2, 0.25) is 0 Å². The molecule has 0 fully saturated rings. The maximum absolute atomic E-state index is 5.29. The van der Waals surface area contributed by atoms with Crippen LogP contribution in [0, 0.1) is 0 Å². The topological polar surface area (TPSA) is 18.5 Å². The molecule has 0 saturated carbocycles. The van der Waals surface area contributed by atoms with E-state index in [9.17, 15) is 0 Å². The summed E-state index contributed by atoms with van der Waals surface area (Å²) < 4.78 is 11.5. The Bertz CT molecular complexity index is 209. The van der Waals surface area contributed by atoms with E-state index in [1.807, 2.05) is 6.08 Å². The monoisotopic (exact) mass is 280 g/mol. The van der Waals surface area contributed by atoms with Gasteiger partial charge in [-0.15, -0.1) is 0 Å². The molecule has 0 amide bonds. The molecule has 1 aliphatic carbocycles. The number of allylic oxidation sites excluding steroid dienone is 2. The lowest BCUT2D eigenvalue weighted by molar-refractivity contribution is 0.0776. The van der Waals surface area contributed by atoms with Crippen molar-refractivity contribution in [3.05, 3.63) is 23.5 Å². The first kappa shape index (κ1) is 10.1. The third kappa shape index (κ3) is 2.23. The fraction of sp³-hybridized carbons (Fsp3) is 0.556. The Hall–Kier alpha value is -0.0300. The second-order valence-electron chi connectivity index (χ2n) is 2.66. The van der Waals surface area contributed by atoms with Gasteiger partial charge < -0.3 is 9.47 Å². The summed E-state index contributed by atoms with van der Waals surface area (Å²) in [4.78, 5) is 0. The summed E-state index contributed by atoms with van der Waals surface area (Å²) >= 11 is 2.36. The van der Waals surface area contributed by atoms with Gasteiger partial charge in [-0.25, -0.2) is 0 Å². The predicted molar refractivity (Wildman–Crippen MR) is 57.5 cm³/mol. The Morgan fingerprint density at radius 2 is 2.25 bits per heavy atom. The zero-order valence-corrected chi connectivity index (χ0v) is 9.50. The van der Waals surface area contributed by atoms with Gasteiger partial charge in [0, 0.05) is 18.0 Å². The standard InChI is InChI=1S/C9H13IO2/c1-11-8-4-3-7(6-10)5-9(8)12-2/h3-4,9H,5-6H2,1-2H3. The van der Waals surface area contributed by atoms with Gasteiger partial charge >= 0.3 is 0 Å². The number of methoxy groups -OCH3 is 2. The first-order valence-electron chi connectivity index (χ1n) is 3.84. The van der Waals surface area contributed by atoms with Crippen molar-refractivity contribution in [3.63, 3.8) is 0 Å². The molecule has 0 aliphatic heterocycles. The molecule has 1 unspecified atom stereocenters. The molecule has 0 aromatic carbocycles. The van der Waals surface area contributed by atoms with E-state index < -0.39 is 0 Å². The van der Waals surface area contributed by atoms with Crippen LogP contribution in [-0.2, 0) is 9.47 Å². The molecule has 12 heavy (non-hydrogen) atoms.